The first-order valence-electron chi connectivity index (χ1n) is 13.0. The van der Waals surface area contributed by atoms with E-state index < -0.39 is 11.7 Å². The molecule has 3 rings (SSSR count). The molecule has 0 radical (unpaired) electrons. The van der Waals surface area contributed by atoms with Gasteiger partial charge in [-0.25, -0.2) is 0 Å². The summed E-state index contributed by atoms with van der Waals surface area (Å²) in [5.41, 5.74) is 4.17. The van der Waals surface area contributed by atoms with E-state index in [9.17, 15) is 13.2 Å². The highest BCUT2D eigenvalue weighted by Crippen LogP contribution is 2.39. The Hall–Kier alpha value is -2.58. The first kappa shape index (κ1) is 29.6. The van der Waals surface area contributed by atoms with Crippen molar-refractivity contribution in [1.29, 1.82) is 5.41 Å². The third-order valence-electron chi connectivity index (χ3n) is 6.71. The lowest BCUT2D eigenvalue weighted by Crippen LogP contribution is -2.11. The lowest BCUT2D eigenvalue weighted by atomic mass is 9.86. The van der Waals surface area contributed by atoms with E-state index in [4.69, 9.17) is 20.4 Å². The first-order chi connectivity index (χ1) is 17.0. The molecule has 6 nitrogen and oxygen atoms in total. The SMILES string of the molecule is CC(=N)N.CCC[C@H](C)C(C)c1nc(-c2ccc(OCCCC3CCCCC3)c(C(F)(F)F)c2)no1. The van der Waals surface area contributed by atoms with Crippen LogP contribution in [0.25, 0.3) is 11.4 Å². The van der Waals surface area contributed by atoms with E-state index >= 15 is 0 Å². The number of nitrogens with one attached hydrogen (secondary N) is 1. The van der Waals surface area contributed by atoms with Crippen LogP contribution in [0.3, 0.4) is 0 Å². The zero-order valence-electron chi connectivity index (χ0n) is 22.0. The Morgan fingerprint density at radius 1 is 1.22 bits per heavy atom. The Bertz CT molecular complexity index is 935. The third-order valence-corrected chi connectivity index (χ3v) is 6.71. The molecule has 1 aliphatic carbocycles. The average Bonchev–Trinajstić information content (AvgIpc) is 3.31. The van der Waals surface area contributed by atoms with Crippen LogP contribution in [0.15, 0.2) is 22.7 Å². The van der Waals surface area contributed by atoms with Crippen LogP contribution >= 0.6 is 0 Å². The van der Waals surface area contributed by atoms with Gasteiger partial charge in [0.1, 0.15) is 5.75 Å². The standard InChI is InChI=1S/C25H35F3N2O2.C2H6N2/c1-4-9-17(2)18(3)24-29-23(30-32-24)20-13-14-22(21(16-20)25(26,27)28)31-15-8-12-19-10-6-5-7-11-19;1-2(3)4/h13-14,16-19H,4-12,15H2,1-3H3;1H3,(H3,3,4)/t17-,18?;/m0./s1. The van der Waals surface area contributed by atoms with Crippen molar-refractivity contribution in [2.45, 2.75) is 97.6 Å². The van der Waals surface area contributed by atoms with Gasteiger partial charge in [-0.2, -0.15) is 18.2 Å². The molecule has 202 valence electrons. The van der Waals surface area contributed by atoms with Gasteiger partial charge in [-0.05, 0) is 49.8 Å². The minimum absolute atomic E-state index is 0.0463. The molecule has 36 heavy (non-hydrogen) atoms. The van der Waals surface area contributed by atoms with Gasteiger partial charge in [-0.15, -0.1) is 0 Å². The summed E-state index contributed by atoms with van der Waals surface area (Å²) in [5, 5.41) is 10.2. The van der Waals surface area contributed by atoms with Crippen molar-refractivity contribution < 1.29 is 22.4 Å². The van der Waals surface area contributed by atoms with E-state index in [2.05, 4.69) is 24.0 Å². The largest absolute Gasteiger partial charge is 0.493 e. The number of hydrogen-bond acceptors (Lipinski definition) is 5. The molecule has 1 unspecified atom stereocenters. The summed E-state index contributed by atoms with van der Waals surface area (Å²) in [7, 11) is 0. The topological polar surface area (TPSA) is 98.0 Å². The van der Waals surface area contributed by atoms with Gasteiger partial charge in [0.05, 0.1) is 18.0 Å². The van der Waals surface area contributed by atoms with Crippen LogP contribution in [0.1, 0.15) is 103 Å². The quantitative estimate of drug-likeness (QED) is 0.192. The van der Waals surface area contributed by atoms with E-state index in [0.29, 0.717) is 17.7 Å². The number of halogens is 3. The van der Waals surface area contributed by atoms with Crippen molar-refractivity contribution in [2.24, 2.45) is 17.6 Å². The predicted octanol–water partition coefficient (Wildman–Crippen LogP) is 7.98. The maximum atomic E-state index is 13.7. The van der Waals surface area contributed by atoms with Gasteiger partial charge in [-0.1, -0.05) is 70.9 Å². The van der Waals surface area contributed by atoms with Crippen LogP contribution in [-0.4, -0.2) is 22.6 Å². The molecule has 0 amide bonds. The van der Waals surface area contributed by atoms with Gasteiger partial charge in [0.2, 0.25) is 11.7 Å². The highest BCUT2D eigenvalue weighted by atomic mass is 19.4. The number of hydrogen-bond donors (Lipinski definition) is 2. The monoisotopic (exact) mass is 510 g/mol. The van der Waals surface area contributed by atoms with Crippen LogP contribution in [0, 0.1) is 17.2 Å². The molecule has 1 aromatic heterocycles. The summed E-state index contributed by atoms with van der Waals surface area (Å²) in [6, 6.07) is 4.00. The van der Waals surface area contributed by atoms with Crippen LogP contribution in [-0.2, 0) is 6.18 Å². The van der Waals surface area contributed by atoms with Crippen molar-refractivity contribution in [3.05, 3.63) is 29.7 Å². The molecule has 9 heteroatoms. The van der Waals surface area contributed by atoms with Gasteiger partial charge in [0.15, 0.2) is 0 Å². The smallest absolute Gasteiger partial charge is 0.419 e. The van der Waals surface area contributed by atoms with E-state index in [0.717, 1.165) is 31.7 Å². The van der Waals surface area contributed by atoms with Gasteiger partial charge >= 0.3 is 6.18 Å². The normalized spacial score (nSPS) is 16.1. The summed E-state index contributed by atoms with van der Waals surface area (Å²) >= 11 is 0. The zero-order valence-corrected chi connectivity index (χ0v) is 22.0. The molecule has 0 saturated heterocycles. The second-order valence-corrected chi connectivity index (χ2v) is 9.90. The minimum atomic E-state index is -4.52. The Morgan fingerprint density at radius 3 is 2.50 bits per heavy atom. The summed E-state index contributed by atoms with van der Waals surface area (Å²) in [4.78, 5) is 4.38. The first-order valence-corrected chi connectivity index (χ1v) is 13.0. The van der Waals surface area contributed by atoms with E-state index in [1.807, 2.05) is 6.92 Å². The van der Waals surface area contributed by atoms with Crippen molar-refractivity contribution >= 4 is 5.84 Å². The number of ether oxygens (including phenoxy) is 1. The number of nitrogens with zero attached hydrogens (tertiary/aromatic N) is 2. The Balaban J connectivity index is 0.00000106. The van der Waals surface area contributed by atoms with Gasteiger partial charge in [-0.3, -0.25) is 5.41 Å². The number of alkyl halides is 3. The number of benzene rings is 1. The summed E-state index contributed by atoms with van der Waals surface area (Å²) in [5.74, 6) is 1.74. The van der Waals surface area contributed by atoms with Crippen molar-refractivity contribution in [3.63, 3.8) is 0 Å². The van der Waals surface area contributed by atoms with E-state index in [1.54, 1.807) is 6.07 Å². The second kappa shape index (κ2) is 14.2. The summed E-state index contributed by atoms with van der Waals surface area (Å²) < 4.78 is 52.1. The zero-order chi connectivity index (χ0) is 26.7. The molecule has 1 aliphatic rings. The molecular formula is C27H41F3N4O2. The molecule has 3 N–H and O–H groups in total. The number of aromatic nitrogens is 2. The summed E-state index contributed by atoms with van der Waals surface area (Å²) in [6.45, 7) is 8.04. The molecule has 1 aromatic carbocycles. The Kier molecular flexibility index (Phi) is 11.7. The molecule has 2 atom stereocenters. The number of amidine groups is 1. The fourth-order valence-corrected chi connectivity index (χ4v) is 4.53. The van der Waals surface area contributed by atoms with Crippen LogP contribution in [0.5, 0.6) is 5.75 Å². The summed E-state index contributed by atoms with van der Waals surface area (Å²) in [6.07, 6.45) is 5.60. The Morgan fingerprint density at radius 2 is 1.89 bits per heavy atom. The minimum Gasteiger partial charge on any atom is -0.493 e. The van der Waals surface area contributed by atoms with Crippen molar-refractivity contribution in [2.75, 3.05) is 6.61 Å². The van der Waals surface area contributed by atoms with Crippen molar-refractivity contribution in [1.82, 2.24) is 10.1 Å². The second-order valence-electron chi connectivity index (χ2n) is 9.90. The number of rotatable bonds is 10. The molecule has 2 aromatic rings. The van der Waals surface area contributed by atoms with Gasteiger partial charge in [0, 0.05) is 11.5 Å². The highest BCUT2D eigenvalue weighted by molar-refractivity contribution is 5.73. The van der Waals surface area contributed by atoms with Crippen LogP contribution in [0.4, 0.5) is 13.2 Å². The molecular weight excluding hydrogens is 469 g/mol. The maximum absolute atomic E-state index is 13.7. The Labute approximate surface area is 212 Å². The van der Waals surface area contributed by atoms with Gasteiger partial charge in [0.25, 0.3) is 0 Å². The molecule has 1 heterocycles. The lowest BCUT2D eigenvalue weighted by molar-refractivity contribution is -0.138. The molecule has 0 aliphatic heterocycles. The predicted molar refractivity (Wildman–Crippen MR) is 136 cm³/mol. The number of nitrogens with two attached hydrogens (primary N) is 1. The van der Waals surface area contributed by atoms with Crippen LogP contribution < -0.4 is 10.5 Å². The molecule has 0 bridgehead atoms. The molecule has 1 fully saturated rings. The third kappa shape index (κ3) is 9.47. The lowest BCUT2D eigenvalue weighted by Gasteiger charge is -2.21. The maximum Gasteiger partial charge on any atom is 0.419 e. The van der Waals surface area contributed by atoms with E-state index in [-0.39, 0.29) is 35.5 Å². The fraction of sp³-hybridized carbons (Fsp3) is 0.667. The fourth-order valence-electron chi connectivity index (χ4n) is 4.53. The highest BCUT2D eigenvalue weighted by Gasteiger charge is 2.35. The van der Waals surface area contributed by atoms with Crippen molar-refractivity contribution in [3.8, 4) is 17.1 Å². The molecule has 0 spiro atoms. The van der Waals surface area contributed by atoms with Crippen LogP contribution in [0.2, 0.25) is 0 Å². The molecule has 1 saturated carbocycles. The van der Waals surface area contributed by atoms with E-state index in [1.165, 1.54) is 45.1 Å². The van der Waals surface area contributed by atoms with Gasteiger partial charge < -0.3 is 15.0 Å². The average molecular weight is 511 g/mol.